The third-order valence-electron chi connectivity index (χ3n) is 0.926. The van der Waals surface area contributed by atoms with Crippen LogP contribution in [0.15, 0.2) is 0 Å². The first-order valence-electron chi connectivity index (χ1n) is 3.27. The van der Waals surface area contributed by atoms with Crippen molar-refractivity contribution < 1.29 is 0 Å². The van der Waals surface area contributed by atoms with E-state index >= 15 is 0 Å². The largest absolute Gasteiger partial charge is 0.165 e. The predicted octanol–water partition coefficient (Wildman–Crippen LogP) is 2.70. The maximum atomic E-state index is 3.78. The molecule has 0 heterocycles. The van der Waals surface area contributed by atoms with Crippen LogP contribution in [0.3, 0.4) is 0 Å². The van der Waals surface area contributed by atoms with Crippen molar-refractivity contribution in [3.05, 3.63) is 6.92 Å². The first-order chi connectivity index (χ1) is 4.41. The summed E-state index contributed by atoms with van der Waals surface area (Å²) in [5.41, 5.74) is 0. The molecule has 0 bridgehead atoms. The van der Waals surface area contributed by atoms with Crippen LogP contribution in [0.2, 0.25) is 0 Å². The topological polar surface area (TPSA) is 0 Å². The second kappa shape index (κ2) is 8.70. The molecule has 0 aromatic rings. The average Bonchev–Trinajstić information content (AvgIpc) is 1.89. The third kappa shape index (κ3) is 8.70. The van der Waals surface area contributed by atoms with Crippen molar-refractivity contribution in [2.45, 2.75) is 12.8 Å². The van der Waals surface area contributed by atoms with E-state index in [4.69, 9.17) is 0 Å². The number of hydrogen-bond acceptors (Lipinski definition) is 2. The van der Waals surface area contributed by atoms with Crippen LogP contribution in [0.5, 0.6) is 0 Å². The molecule has 0 N–H and O–H groups in total. The Hall–Kier alpha value is 0.700. The third-order valence-corrected chi connectivity index (χ3v) is 2.78. The Labute approximate surface area is 67.2 Å². The van der Waals surface area contributed by atoms with Crippen LogP contribution in [-0.2, 0) is 0 Å². The first-order valence-corrected chi connectivity index (χ1v) is 5.82. The van der Waals surface area contributed by atoms with Crippen molar-refractivity contribution in [3.63, 3.8) is 0 Å². The summed E-state index contributed by atoms with van der Waals surface area (Å²) in [6.07, 6.45) is 4.59. The molecule has 1 radical (unpaired) electrons. The first kappa shape index (κ1) is 9.70. The Kier molecular flexibility index (Phi) is 9.38. The molecule has 0 aliphatic rings. The van der Waals surface area contributed by atoms with Crippen LogP contribution in [-0.4, -0.2) is 23.5 Å². The second-order valence-electron chi connectivity index (χ2n) is 1.81. The van der Waals surface area contributed by atoms with Gasteiger partial charge >= 0.3 is 0 Å². The summed E-state index contributed by atoms with van der Waals surface area (Å²) in [5, 5.41) is 0. The molecule has 0 aliphatic heterocycles. The average molecular weight is 163 g/mol. The Morgan fingerprint density at radius 3 is 2.56 bits per heavy atom. The lowest BCUT2D eigenvalue weighted by Crippen LogP contribution is -1.84. The molecule has 0 aliphatic carbocycles. The summed E-state index contributed by atoms with van der Waals surface area (Å²) in [4.78, 5) is 0. The Bertz CT molecular complexity index is 40.2. The van der Waals surface area contributed by atoms with Crippen LogP contribution in [0.25, 0.3) is 0 Å². The van der Waals surface area contributed by atoms with E-state index in [1.807, 2.05) is 23.5 Å². The smallest absolute Gasteiger partial charge is 0.00597 e. The van der Waals surface area contributed by atoms with Crippen LogP contribution < -0.4 is 0 Å². The van der Waals surface area contributed by atoms with Gasteiger partial charge in [0.25, 0.3) is 0 Å². The van der Waals surface area contributed by atoms with Gasteiger partial charge in [0.05, 0.1) is 0 Å². The van der Waals surface area contributed by atoms with Gasteiger partial charge in [0.2, 0.25) is 0 Å². The summed E-state index contributed by atoms with van der Waals surface area (Å²) >= 11 is 3.95. The Morgan fingerprint density at radius 1 is 1.22 bits per heavy atom. The van der Waals surface area contributed by atoms with Crippen LogP contribution >= 0.6 is 23.5 Å². The van der Waals surface area contributed by atoms with Crippen molar-refractivity contribution in [2.75, 3.05) is 23.5 Å². The van der Waals surface area contributed by atoms with Gasteiger partial charge in [0.15, 0.2) is 0 Å². The predicted molar refractivity (Wildman–Crippen MR) is 50.3 cm³/mol. The molecule has 0 nitrogen and oxygen atoms in total. The molecular formula is C7H15S2. The Balaban J connectivity index is 2.60. The van der Waals surface area contributed by atoms with E-state index in [2.05, 4.69) is 13.2 Å². The fraction of sp³-hybridized carbons (Fsp3) is 0.857. The van der Waals surface area contributed by atoms with Crippen molar-refractivity contribution in [1.82, 2.24) is 0 Å². The minimum atomic E-state index is 1.07. The highest BCUT2D eigenvalue weighted by atomic mass is 32.2. The summed E-state index contributed by atoms with van der Waals surface area (Å²) in [5.74, 6) is 3.86. The maximum absolute atomic E-state index is 3.78. The fourth-order valence-corrected chi connectivity index (χ4v) is 1.88. The van der Waals surface area contributed by atoms with Crippen LogP contribution in [0, 0.1) is 6.92 Å². The number of thioether (sulfide) groups is 2. The lowest BCUT2D eigenvalue weighted by molar-refractivity contribution is 1.12. The van der Waals surface area contributed by atoms with Gasteiger partial charge in [-0.2, -0.15) is 23.5 Å². The highest BCUT2D eigenvalue weighted by molar-refractivity contribution is 7.99. The van der Waals surface area contributed by atoms with Gasteiger partial charge in [0.1, 0.15) is 0 Å². The molecule has 0 rings (SSSR count). The standard InChI is InChI=1S/C7H15S2/c1-3-5-9-7-4-6-8-2/h1,3-7H2,2H3. The quantitative estimate of drug-likeness (QED) is 0.552. The zero-order chi connectivity index (χ0) is 6.95. The van der Waals surface area contributed by atoms with Gasteiger partial charge in [-0.1, -0.05) is 6.92 Å². The van der Waals surface area contributed by atoms with Gasteiger partial charge < -0.3 is 0 Å². The van der Waals surface area contributed by atoms with Crippen molar-refractivity contribution >= 4 is 23.5 Å². The van der Waals surface area contributed by atoms with E-state index in [1.165, 1.54) is 23.7 Å². The monoisotopic (exact) mass is 163 g/mol. The summed E-state index contributed by atoms with van der Waals surface area (Å²) in [6.45, 7) is 3.78. The zero-order valence-electron chi connectivity index (χ0n) is 6.06. The SMILES string of the molecule is [CH2]CCSCCCSC. The van der Waals surface area contributed by atoms with E-state index < -0.39 is 0 Å². The van der Waals surface area contributed by atoms with E-state index in [0.29, 0.717) is 0 Å². The fourth-order valence-electron chi connectivity index (χ4n) is 0.509. The number of rotatable bonds is 6. The molecule has 0 fully saturated rings. The highest BCUT2D eigenvalue weighted by Gasteiger charge is 1.85. The summed E-state index contributed by atoms with van der Waals surface area (Å²) in [6, 6.07) is 0. The number of hydrogen-bond donors (Lipinski definition) is 0. The van der Waals surface area contributed by atoms with Gasteiger partial charge in [-0.15, -0.1) is 0 Å². The lowest BCUT2D eigenvalue weighted by atomic mass is 10.6. The molecule has 0 saturated heterocycles. The molecule has 0 saturated carbocycles. The van der Waals surface area contributed by atoms with E-state index in [0.717, 1.165) is 6.42 Å². The van der Waals surface area contributed by atoms with Crippen LogP contribution in [0.1, 0.15) is 12.8 Å². The molecule has 55 valence electrons. The van der Waals surface area contributed by atoms with E-state index in [-0.39, 0.29) is 0 Å². The summed E-state index contributed by atoms with van der Waals surface area (Å²) < 4.78 is 0. The molecule has 0 spiro atoms. The Morgan fingerprint density at radius 2 is 2.00 bits per heavy atom. The highest BCUT2D eigenvalue weighted by Crippen LogP contribution is 2.06. The molecule has 2 heteroatoms. The molecule has 0 atom stereocenters. The molecule has 0 amide bonds. The minimum absolute atomic E-state index is 1.07. The normalized spacial score (nSPS) is 10.0. The summed E-state index contributed by atoms with van der Waals surface area (Å²) in [7, 11) is 0. The zero-order valence-corrected chi connectivity index (χ0v) is 7.69. The lowest BCUT2D eigenvalue weighted by Gasteiger charge is -1.96. The molecule has 0 unspecified atom stereocenters. The molecule has 0 aromatic heterocycles. The van der Waals surface area contributed by atoms with Crippen molar-refractivity contribution in [3.8, 4) is 0 Å². The second-order valence-corrected chi connectivity index (χ2v) is 4.02. The van der Waals surface area contributed by atoms with E-state index in [1.54, 1.807) is 0 Å². The molecular weight excluding hydrogens is 148 g/mol. The van der Waals surface area contributed by atoms with Crippen molar-refractivity contribution in [2.24, 2.45) is 0 Å². The van der Waals surface area contributed by atoms with Crippen LogP contribution in [0.4, 0.5) is 0 Å². The molecule has 9 heavy (non-hydrogen) atoms. The minimum Gasteiger partial charge on any atom is -0.165 e. The van der Waals surface area contributed by atoms with E-state index in [9.17, 15) is 0 Å². The van der Waals surface area contributed by atoms with Crippen molar-refractivity contribution in [1.29, 1.82) is 0 Å². The van der Waals surface area contributed by atoms with Gasteiger partial charge in [0, 0.05) is 0 Å². The van der Waals surface area contributed by atoms with Gasteiger partial charge in [-0.05, 0) is 36.4 Å². The van der Waals surface area contributed by atoms with Gasteiger partial charge in [-0.3, -0.25) is 0 Å². The van der Waals surface area contributed by atoms with Gasteiger partial charge in [-0.25, -0.2) is 0 Å². The maximum Gasteiger partial charge on any atom is -0.00597 e. The molecule has 0 aromatic carbocycles.